The predicted molar refractivity (Wildman–Crippen MR) is 87.6 cm³/mol. The number of aromatic amines is 1. The van der Waals surface area contributed by atoms with Crippen molar-refractivity contribution in [3.05, 3.63) is 56.0 Å². The van der Waals surface area contributed by atoms with Gasteiger partial charge in [0.05, 0.1) is 0 Å². The van der Waals surface area contributed by atoms with Crippen molar-refractivity contribution in [3.8, 4) is 0 Å². The molecule has 0 spiro atoms. The summed E-state index contributed by atoms with van der Waals surface area (Å²) in [5, 5.41) is 0. The summed E-state index contributed by atoms with van der Waals surface area (Å²) in [6, 6.07) is 8.34. The third-order valence-electron chi connectivity index (χ3n) is 3.77. The first kappa shape index (κ1) is 14.0. The summed E-state index contributed by atoms with van der Waals surface area (Å²) in [7, 11) is 0. The normalized spacial score (nSPS) is 14.7. The van der Waals surface area contributed by atoms with E-state index >= 15 is 0 Å². The topological polar surface area (TPSA) is 28.7 Å². The van der Waals surface area contributed by atoms with Crippen LogP contribution in [0.15, 0.2) is 28.7 Å². The summed E-state index contributed by atoms with van der Waals surface area (Å²) in [6.07, 6.45) is 6.76. The Kier molecular flexibility index (Phi) is 4.32. The minimum Gasteiger partial charge on any atom is -0.347 e. The maximum Gasteiger partial charge on any atom is 0.133 e. The minimum atomic E-state index is 0.797. The second-order valence-electron chi connectivity index (χ2n) is 5.31. The second kappa shape index (κ2) is 6.19. The van der Waals surface area contributed by atoms with E-state index in [0.29, 0.717) is 0 Å². The lowest BCUT2D eigenvalue weighted by molar-refractivity contribution is 0.708. The molecule has 3 rings (SSSR count). The molecule has 1 aliphatic carbocycles. The van der Waals surface area contributed by atoms with E-state index in [2.05, 4.69) is 44.1 Å². The molecule has 0 bridgehead atoms. The Labute approximate surface area is 132 Å². The van der Waals surface area contributed by atoms with Gasteiger partial charge in [0, 0.05) is 22.2 Å². The van der Waals surface area contributed by atoms with E-state index in [0.717, 1.165) is 34.2 Å². The van der Waals surface area contributed by atoms with Gasteiger partial charge in [-0.3, -0.25) is 0 Å². The van der Waals surface area contributed by atoms with Gasteiger partial charge in [0.1, 0.15) is 10.5 Å². The van der Waals surface area contributed by atoms with Crippen molar-refractivity contribution in [2.75, 3.05) is 0 Å². The molecule has 1 aromatic heterocycles. The van der Waals surface area contributed by atoms with Gasteiger partial charge in [0.25, 0.3) is 0 Å². The highest BCUT2D eigenvalue weighted by Crippen LogP contribution is 2.21. The Hall–Kier alpha value is -1.00. The largest absolute Gasteiger partial charge is 0.347 e. The summed E-state index contributed by atoms with van der Waals surface area (Å²) >= 11 is 9.00. The van der Waals surface area contributed by atoms with Gasteiger partial charge in [-0.05, 0) is 43.4 Å². The van der Waals surface area contributed by atoms with E-state index in [4.69, 9.17) is 12.2 Å². The zero-order chi connectivity index (χ0) is 13.9. The van der Waals surface area contributed by atoms with Gasteiger partial charge in [0.15, 0.2) is 0 Å². The van der Waals surface area contributed by atoms with Crippen LogP contribution < -0.4 is 0 Å². The van der Waals surface area contributed by atoms with Gasteiger partial charge in [-0.2, -0.15) is 0 Å². The maximum absolute atomic E-state index is 5.49. The van der Waals surface area contributed by atoms with Crippen molar-refractivity contribution in [2.24, 2.45) is 0 Å². The lowest BCUT2D eigenvalue weighted by Crippen LogP contribution is -2.05. The van der Waals surface area contributed by atoms with Crippen molar-refractivity contribution in [3.63, 3.8) is 0 Å². The van der Waals surface area contributed by atoms with Crippen molar-refractivity contribution in [1.29, 1.82) is 0 Å². The van der Waals surface area contributed by atoms with Crippen LogP contribution in [0.2, 0.25) is 0 Å². The number of benzene rings is 1. The smallest absolute Gasteiger partial charge is 0.133 e. The van der Waals surface area contributed by atoms with E-state index in [9.17, 15) is 0 Å². The van der Waals surface area contributed by atoms with Crippen molar-refractivity contribution >= 4 is 28.1 Å². The van der Waals surface area contributed by atoms with Crippen LogP contribution in [0.5, 0.6) is 0 Å². The highest BCUT2D eigenvalue weighted by molar-refractivity contribution is 9.10. The monoisotopic (exact) mass is 348 g/mol. The Morgan fingerprint density at radius 1 is 1.20 bits per heavy atom. The minimum absolute atomic E-state index is 0.797. The highest BCUT2D eigenvalue weighted by atomic mass is 79.9. The Bertz CT molecular complexity index is 678. The highest BCUT2D eigenvalue weighted by Gasteiger charge is 2.12. The quantitative estimate of drug-likeness (QED) is 0.625. The molecule has 104 valence electrons. The summed E-state index contributed by atoms with van der Waals surface area (Å²) in [5.41, 5.74) is 3.83. The number of aryl methyl sites for hydroxylation is 1. The number of hydrogen-bond donors (Lipinski definition) is 1. The number of nitrogens with one attached hydrogen (secondary N) is 1. The first-order chi connectivity index (χ1) is 9.72. The Morgan fingerprint density at radius 3 is 2.90 bits per heavy atom. The zero-order valence-electron chi connectivity index (χ0n) is 11.3. The molecule has 0 radical (unpaired) electrons. The van der Waals surface area contributed by atoms with Crippen LogP contribution in [0.3, 0.4) is 0 Å². The van der Waals surface area contributed by atoms with Crippen molar-refractivity contribution < 1.29 is 0 Å². The maximum atomic E-state index is 5.49. The molecule has 0 amide bonds. The fraction of sp³-hybridized carbons (Fsp3) is 0.375. The third-order valence-corrected chi connectivity index (χ3v) is 4.60. The van der Waals surface area contributed by atoms with Crippen LogP contribution in [0.25, 0.3) is 0 Å². The molecule has 0 unspecified atom stereocenters. The number of nitrogens with zero attached hydrogens (tertiary/aromatic N) is 1. The lowest BCUT2D eigenvalue weighted by Gasteiger charge is -2.09. The van der Waals surface area contributed by atoms with Crippen LogP contribution in [0.4, 0.5) is 0 Å². The van der Waals surface area contributed by atoms with Gasteiger partial charge < -0.3 is 4.98 Å². The molecule has 2 aromatic rings. The molecule has 4 heteroatoms. The van der Waals surface area contributed by atoms with Gasteiger partial charge in [-0.15, -0.1) is 0 Å². The molecule has 0 aliphatic heterocycles. The third kappa shape index (κ3) is 3.18. The number of H-pyrrole nitrogens is 1. The van der Waals surface area contributed by atoms with E-state index in [-0.39, 0.29) is 0 Å². The number of rotatable bonds is 2. The summed E-state index contributed by atoms with van der Waals surface area (Å²) in [4.78, 5) is 8.12. The van der Waals surface area contributed by atoms with Gasteiger partial charge in [-0.1, -0.05) is 46.7 Å². The molecule has 0 fully saturated rings. The number of halogens is 1. The number of aromatic nitrogens is 2. The molecular weight excluding hydrogens is 332 g/mol. The van der Waals surface area contributed by atoms with Gasteiger partial charge in [-0.25, -0.2) is 4.98 Å². The molecule has 1 aromatic carbocycles. The molecular formula is C16H17BrN2S. The zero-order valence-corrected chi connectivity index (χ0v) is 13.7. The summed E-state index contributed by atoms with van der Waals surface area (Å²) < 4.78 is 1.90. The van der Waals surface area contributed by atoms with E-state index in [1.54, 1.807) is 0 Å². The fourth-order valence-electron chi connectivity index (χ4n) is 2.77. The Morgan fingerprint density at radius 2 is 2.05 bits per heavy atom. The van der Waals surface area contributed by atoms with E-state index < -0.39 is 0 Å². The Balaban J connectivity index is 1.93. The molecule has 0 atom stereocenters. The second-order valence-corrected chi connectivity index (χ2v) is 6.62. The van der Waals surface area contributed by atoms with Crippen LogP contribution in [0, 0.1) is 4.64 Å². The van der Waals surface area contributed by atoms with E-state index in [1.807, 2.05) is 6.07 Å². The average molecular weight is 349 g/mol. The standard InChI is InChI=1S/C16H17BrN2S/c17-12-6-4-5-11(9-12)10-15-18-14-8-3-1-2-7-13(14)16(20)19-15/h4-6,9H,1-3,7-8,10H2,(H,18,19,20). The summed E-state index contributed by atoms with van der Waals surface area (Å²) in [6.45, 7) is 0. The fourth-order valence-corrected chi connectivity index (χ4v) is 3.55. The van der Waals surface area contributed by atoms with Crippen LogP contribution in [-0.4, -0.2) is 9.97 Å². The van der Waals surface area contributed by atoms with Gasteiger partial charge in [0.2, 0.25) is 0 Å². The molecule has 0 saturated carbocycles. The summed E-state index contributed by atoms with van der Waals surface area (Å²) in [5.74, 6) is 0.980. The van der Waals surface area contributed by atoms with Crippen LogP contribution in [0.1, 0.15) is 41.9 Å². The molecule has 0 saturated heterocycles. The first-order valence-corrected chi connectivity index (χ1v) is 8.28. The van der Waals surface area contributed by atoms with Crippen molar-refractivity contribution in [2.45, 2.75) is 38.5 Å². The molecule has 1 heterocycles. The molecule has 1 N–H and O–H groups in total. The van der Waals surface area contributed by atoms with Crippen molar-refractivity contribution in [1.82, 2.24) is 9.97 Å². The van der Waals surface area contributed by atoms with Gasteiger partial charge >= 0.3 is 0 Å². The first-order valence-electron chi connectivity index (χ1n) is 7.08. The lowest BCUT2D eigenvalue weighted by atomic mass is 10.1. The molecule has 20 heavy (non-hydrogen) atoms. The van der Waals surface area contributed by atoms with E-state index in [1.165, 1.54) is 36.1 Å². The number of fused-ring (bicyclic) bond motifs is 1. The number of hydrogen-bond acceptors (Lipinski definition) is 2. The molecule has 2 nitrogen and oxygen atoms in total. The predicted octanol–water partition coefficient (Wildman–Crippen LogP) is 4.76. The molecule has 1 aliphatic rings. The van der Waals surface area contributed by atoms with Crippen LogP contribution in [-0.2, 0) is 19.3 Å². The van der Waals surface area contributed by atoms with Crippen LogP contribution >= 0.6 is 28.1 Å². The SMILES string of the molecule is S=c1nc(Cc2cccc(Br)c2)[nH]c2c1CCCCC2. The average Bonchev–Trinajstić information content (AvgIpc) is 2.64.